The molecule has 1 amide bonds. The fraction of sp³-hybridized carbons (Fsp3) is 0.176. The number of aromatic nitrogens is 4. The van der Waals surface area contributed by atoms with Gasteiger partial charge in [0.1, 0.15) is 0 Å². The minimum Gasteiger partial charge on any atom is -0.386 e. The number of carbonyl (C=O) groups excluding carboxylic acids is 1. The van der Waals surface area contributed by atoms with Crippen LogP contribution in [-0.4, -0.2) is 37.3 Å². The highest BCUT2D eigenvalue weighted by Gasteiger charge is 2.13. The summed E-state index contributed by atoms with van der Waals surface area (Å²) < 4.78 is 1.59. The summed E-state index contributed by atoms with van der Waals surface area (Å²) in [5, 5.41) is 16.7. The number of amides is 1. The molecule has 3 rings (SSSR count). The second-order valence-corrected chi connectivity index (χ2v) is 5.33. The van der Waals surface area contributed by atoms with Crippen LogP contribution in [0.2, 0.25) is 0 Å². The molecule has 0 fully saturated rings. The Hall–Kier alpha value is -3.06. The van der Waals surface area contributed by atoms with Gasteiger partial charge in [0.05, 0.1) is 17.9 Å². The lowest BCUT2D eigenvalue weighted by molar-refractivity contribution is 0.0915. The minimum absolute atomic E-state index is 0.0883. The fourth-order valence-corrected chi connectivity index (χ4v) is 2.20. The van der Waals surface area contributed by atoms with Gasteiger partial charge in [-0.3, -0.25) is 9.48 Å². The molecule has 0 saturated heterocycles. The van der Waals surface area contributed by atoms with Crippen LogP contribution in [0.15, 0.2) is 55.1 Å². The summed E-state index contributed by atoms with van der Waals surface area (Å²) in [4.78, 5) is 20.5. The molecule has 0 aliphatic heterocycles. The van der Waals surface area contributed by atoms with E-state index in [9.17, 15) is 9.90 Å². The minimum atomic E-state index is -0.813. The van der Waals surface area contributed by atoms with Crippen molar-refractivity contribution in [2.45, 2.75) is 6.10 Å². The zero-order chi connectivity index (χ0) is 16.9. The highest BCUT2D eigenvalue weighted by molar-refractivity contribution is 5.93. The summed E-state index contributed by atoms with van der Waals surface area (Å²) in [6.07, 6.45) is 5.40. The predicted molar refractivity (Wildman–Crippen MR) is 88.0 cm³/mol. The van der Waals surface area contributed by atoms with Crippen LogP contribution in [-0.2, 0) is 7.05 Å². The maximum atomic E-state index is 12.1. The number of benzene rings is 1. The van der Waals surface area contributed by atoms with E-state index in [4.69, 9.17) is 0 Å². The van der Waals surface area contributed by atoms with E-state index in [2.05, 4.69) is 20.4 Å². The molecule has 7 nitrogen and oxygen atoms in total. The van der Waals surface area contributed by atoms with Crippen LogP contribution in [0.1, 0.15) is 22.0 Å². The molecule has 2 heterocycles. The van der Waals surface area contributed by atoms with Crippen LogP contribution in [0.4, 0.5) is 0 Å². The fourth-order valence-electron chi connectivity index (χ4n) is 2.20. The van der Waals surface area contributed by atoms with E-state index in [1.54, 1.807) is 24.1 Å². The van der Waals surface area contributed by atoms with Crippen LogP contribution >= 0.6 is 0 Å². The zero-order valence-corrected chi connectivity index (χ0v) is 13.1. The van der Waals surface area contributed by atoms with Gasteiger partial charge in [0.2, 0.25) is 0 Å². The van der Waals surface area contributed by atoms with Gasteiger partial charge >= 0.3 is 0 Å². The summed E-state index contributed by atoms with van der Waals surface area (Å²) in [5.74, 6) is 0.222. The first-order valence-electron chi connectivity index (χ1n) is 7.46. The first-order chi connectivity index (χ1) is 11.6. The van der Waals surface area contributed by atoms with Gasteiger partial charge in [0.25, 0.3) is 5.91 Å². The van der Waals surface area contributed by atoms with Gasteiger partial charge in [-0.05, 0) is 0 Å². The van der Waals surface area contributed by atoms with Gasteiger partial charge in [0, 0.05) is 43.3 Å². The number of aliphatic hydroxyl groups excluding tert-OH is 1. The SMILES string of the molecule is Cn1cc(C(O)CNC(=O)c2cnc(-c3ccccc3)nc2)cn1. The third-order valence-electron chi connectivity index (χ3n) is 3.51. The highest BCUT2D eigenvalue weighted by atomic mass is 16.3. The number of hydrogen-bond acceptors (Lipinski definition) is 5. The third-order valence-corrected chi connectivity index (χ3v) is 3.51. The van der Waals surface area contributed by atoms with Crippen molar-refractivity contribution in [2.75, 3.05) is 6.54 Å². The van der Waals surface area contributed by atoms with Crippen molar-refractivity contribution in [3.8, 4) is 11.4 Å². The molecule has 24 heavy (non-hydrogen) atoms. The van der Waals surface area contributed by atoms with Gasteiger partial charge in [-0.2, -0.15) is 5.10 Å². The van der Waals surface area contributed by atoms with Crippen LogP contribution in [0.3, 0.4) is 0 Å². The Bertz CT molecular complexity index is 815. The van der Waals surface area contributed by atoms with E-state index in [0.717, 1.165) is 5.56 Å². The van der Waals surface area contributed by atoms with Crippen molar-refractivity contribution >= 4 is 5.91 Å². The summed E-state index contributed by atoms with van der Waals surface area (Å²) in [7, 11) is 1.76. The first kappa shape index (κ1) is 15.8. The molecule has 2 N–H and O–H groups in total. The first-order valence-corrected chi connectivity index (χ1v) is 7.46. The molecular formula is C17H17N5O2. The van der Waals surface area contributed by atoms with Crippen molar-refractivity contribution in [1.82, 2.24) is 25.1 Å². The van der Waals surface area contributed by atoms with Crippen molar-refractivity contribution in [3.63, 3.8) is 0 Å². The largest absolute Gasteiger partial charge is 0.386 e. The van der Waals surface area contributed by atoms with Crippen molar-refractivity contribution in [3.05, 3.63) is 66.2 Å². The summed E-state index contributed by atoms with van der Waals surface area (Å²) >= 11 is 0. The van der Waals surface area contributed by atoms with Gasteiger partial charge < -0.3 is 10.4 Å². The van der Waals surface area contributed by atoms with Gasteiger partial charge in [-0.15, -0.1) is 0 Å². The van der Waals surface area contributed by atoms with Crippen LogP contribution in [0.5, 0.6) is 0 Å². The number of aliphatic hydroxyl groups is 1. The van der Waals surface area contributed by atoms with Crippen LogP contribution in [0.25, 0.3) is 11.4 Å². The van der Waals surface area contributed by atoms with Crippen LogP contribution < -0.4 is 5.32 Å². The second kappa shape index (κ2) is 7.01. The molecule has 7 heteroatoms. The number of nitrogens with one attached hydrogen (secondary N) is 1. The predicted octanol–water partition coefficient (Wildman–Crippen LogP) is 1.34. The average molecular weight is 323 g/mol. The maximum absolute atomic E-state index is 12.1. The molecule has 0 radical (unpaired) electrons. The lowest BCUT2D eigenvalue weighted by Crippen LogP contribution is -2.28. The quantitative estimate of drug-likeness (QED) is 0.739. The van der Waals surface area contributed by atoms with E-state index >= 15 is 0 Å². The van der Waals surface area contributed by atoms with E-state index < -0.39 is 6.10 Å². The lowest BCUT2D eigenvalue weighted by atomic mass is 10.2. The molecule has 0 spiro atoms. The van der Waals surface area contributed by atoms with E-state index in [1.807, 2.05) is 30.3 Å². The normalized spacial score (nSPS) is 11.9. The molecule has 0 bridgehead atoms. The molecule has 122 valence electrons. The van der Waals surface area contributed by atoms with Gasteiger partial charge in [-0.1, -0.05) is 30.3 Å². The molecule has 0 aliphatic carbocycles. The Balaban J connectivity index is 1.61. The van der Waals surface area contributed by atoms with Crippen molar-refractivity contribution < 1.29 is 9.90 Å². The molecule has 1 aromatic carbocycles. The monoisotopic (exact) mass is 323 g/mol. The topological polar surface area (TPSA) is 92.9 Å². The second-order valence-electron chi connectivity index (χ2n) is 5.33. The number of rotatable bonds is 5. The summed E-state index contributed by atoms with van der Waals surface area (Å²) in [6.45, 7) is 0.0883. The Kier molecular flexibility index (Phi) is 4.62. The molecule has 1 unspecified atom stereocenters. The molecule has 2 aromatic heterocycles. The van der Waals surface area contributed by atoms with Crippen molar-refractivity contribution in [2.24, 2.45) is 7.05 Å². The third kappa shape index (κ3) is 3.64. The van der Waals surface area contributed by atoms with Crippen molar-refractivity contribution in [1.29, 1.82) is 0 Å². The molecule has 0 saturated carbocycles. The van der Waals surface area contributed by atoms with Gasteiger partial charge in [-0.25, -0.2) is 9.97 Å². The highest BCUT2D eigenvalue weighted by Crippen LogP contribution is 2.13. The summed E-state index contributed by atoms with van der Waals surface area (Å²) in [5.41, 5.74) is 1.87. The number of nitrogens with zero attached hydrogens (tertiary/aromatic N) is 4. The zero-order valence-electron chi connectivity index (χ0n) is 13.1. The molecular weight excluding hydrogens is 306 g/mol. The van der Waals surface area contributed by atoms with Crippen LogP contribution in [0, 0.1) is 0 Å². The number of hydrogen-bond donors (Lipinski definition) is 2. The summed E-state index contributed by atoms with van der Waals surface area (Å²) in [6, 6.07) is 9.52. The molecule has 0 aliphatic rings. The van der Waals surface area contributed by atoms with E-state index in [-0.39, 0.29) is 12.5 Å². The Morgan fingerprint density at radius 2 is 1.92 bits per heavy atom. The average Bonchev–Trinajstić information content (AvgIpc) is 3.07. The maximum Gasteiger partial charge on any atom is 0.254 e. The smallest absolute Gasteiger partial charge is 0.254 e. The lowest BCUT2D eigenvalue weighted by Gasteiger charge is -2.10. The Labute approximate surface area is 139 Å². The van der Waals surface area contributed by atoms with E-state index in [0.29, 0.717) is 17.0 Å². The Morgan fingerprint density at radius 1 is 1.21 bits per heavy atom. The number of carbonyl (C=O) groups is 1. The Morgan fingerprint density at radius 3 is 2.54 bits per heavy atom. The molecule has 1 atom stereocenters. The van der Waals surface area contributed by atoms with Gasteiger partial charge in [0.15, 0.2) is 5.82 Å². The van der Waals surface area contributed by atoms with E-state index in [1.165, 1.54) is 12.4 Å². The number of aryl methyl sites for hydroxylation is 1. The standard InChI is InChI=1S/C17H17N5O2/c1-22-11-14(9-21-22)15(23)10-20-17(24)13-7-18-16(19-8-13)12-5-3-2-4-6-12/h2-9,11,15,23H,10H2,1H3,(H,20,24). The molecule has 3 aromatic rings.